The summed E-state index contributed by atoms with van der Waals surface area (Å²) in [6.07, 6.45) is 9.23. The van der Waals surface area contributed by atoms with E-state index in [0.717, 1.165) is 25.2 Å². The van der Waals surface area contributed by atoms with Crippen molar-refractivity contribution in [3.05, 3.63) is 71.3 Å². The number of aryl methyl sites for hydroxylation is 1. The standard InChI is InChI=1S/C22H26N4.HI/c23-22(25-21-9-5-7-18-6-1-2-8-20(18)21)24-16-17-10-12-19(13-11-17)26-14-3-4-15-26;/h3-5,7,9-13H,1-2,6,8,14-16H2,(H3,23,24,25);1H. The van der Waals surface area contributed by atoms with Crippen LogP contribution in [0.25, 0.3) is 0 Å². The first-order chi connectivity index (χ1) is 12.8. The van der Waals surface area contributed by atoms with Crippen molar-refractivity contribution >= 4 is 41.3 Å². The minimum atomic E-state index is 0. The summed E-state index contributed by atoms with van der Waals surface area (Å²) in [4.78, 5) is 6.86. The quantitative estimate of drug-likeness (QED) is 0.297. The van der Waals surface area contributed by atoms with Gasteiger partial charge in [0.25, 0.3) is 0 Å². The van der Waals surface area contributed by atoms with Gasteiger partial charge in [0, 0.05) is 24.5 Å². The first kappa shape index (κ1) is 19.7. The summed E-state index contributed by atoms with van der Waals surface area (Å²) < 4.78 is 0. The van der Waals surface area contributed by atoms with Gasteiger partial charge in [-0.3, -0.25) is 0 Å². The number of hydrogen-bond acceptors (Lipinski definition) is 2. The maximum absolute atomic E-state index is 6.14. The minimum Gasteiger partial charge on any atom is -0.370 e. The van der Waals surface area contributed by atoms with Crippen LogP contribution in [0.15, 0.2) is 59.6 Å². The summed E-state index contributed by atoms with van der Waals surface area (Å²) in [7, 11) is 0. The van der Waals surface area contributed by atoms with Crippen LogP contribution in [-0.2, 0) is 19.4 Å². The molecule has 3 N–H and O–H groups in total. The molecule has 0 aromatic heterocycles. The van der Waals surface area contributed by atoms with E-state index in [0.29, 0.717) is 12.5 Å². The molecular weight excluding hydrogens is 447 g/mol. The van der Waals surface area contributed by atoms with Crippen LogP contribution in [0.5, 0.6) is 0 Å². The number of aliphatic imine (C=N–C) groups is 1. The van der Waals surface area contributed by atoms with E-state index >= 15 is 0 Å². The Hall–Kier alpha value is -2.02. The van der Waals surface area contributed by atoms with Crippen LogP contribution in [0, 0.1) is 0 Å². The Morgan fingerprint density at radius 3 is 2.52 bits per heavy atom. The number of rotatable bonds is 4. The third kappa shape index (κ3) is 4.83. The third-order valence-electron chi connectivity index (χ3n) is 5.21. The highest BCUT2D eigenvalue weighted by Crippen LogP contribution is 2.27. The lowest BCUT2D eigenvalue weighted by Gasteiger charge is -2.20. The molecular formula is C22H27IN4. The van der Waals surface area contributed by atoms with Crippen molar-refractivity contribution in [3.63, 3.8) is 0 Å². The SMILES string of the molecule is I.NC(=NCc1ccc(N2CC=CC2)cc1)Nc1cccc2c1CCCC2. The van der Waals surface area contributed by atoms with Gasteiger partial charge >= 0.3 is 0 Å². The van der Waals surface area contributed by atoms with E-state index < -0.39 is 0 Å². The Morgan fingerprint density at radius 1 is 1.00 bits per heavy atom. The molecule has 0 saturated carbocycles. The molecule has 2 aromatic carbocycles. The Kier molecular flexibility index (Phi) is 6.77. The van der Waals surface area contributed by atoms with Crippen LogP contribution in [0.1, 0.15) is 29.5 Å². The van der Waals surface area contributed by atoms with Crippen LogP contribution in [0.2, 0.25) is 0 Å². The van der Waals surface area contributed by atoms with Gasteiger partial charge in [-0.15, -0.1) is 24.0 Å². The van der Waals surface area contributed by atoms with E-state index in [9.17, 15) is 0 Å². The number of anilines is 2. The molecule has 1 heterocycles. The fraction of sp³-hybridized carbons (Fsp3) is 0.318. The molecule has 0 unspecified atom stereocenters. The first-order valence-electron chi connectivity index (χ1n) is 9.46. The number of fused-ring (bicyclic) bond motifs is 1. The molecule has 1 aliphatic heterocycles. The average Bonchev–Trinajstić information content (AvgIpc) is 3.22. The number of nitrogens with one attached hydrogen (secondary N) is 1. The van der Waals surface area contributed by atoms with Gasteiger partial charge in [-0.2, -0.15) is 0 Å². The van der Waals surface area contributed by atoms with Crippen LogP contribution in [0.3, 0.4) is 0 Å². The van der Waals surface area contributed by atoms with Crippen molar-refractivity contribution in [2.75, 3.05) is 23.3 Å². The summed E-state index contributed by atoms with van der Waals surface area (Å²) in [5, 5.41) is 3.31. The summed E-state index contributed by atoms with van der Waals surface area (Å²) in [5.74, 6) is 0.483. The maximum Gasteiger partial charge on any atom is 0.193 e. The highest BCUT2D eigenvalue weighted by Gasteiger charge is 2.13. The van der Waals surface area contributed by atoms with E-state index in [1.165, 1.54) is 41.6 Å². The predicted octanol–water partition coefficient (Wildman–Crippen LogP) is 4.49. The van der Waals surface area contributed by atoms with Crippen molar-refractivity contribution in [2.45, 2.75) is 32.2 Å². The first-order valence-corrected chi connectivity index (χ1v) is 9.46. The topological polar surface area (TPSA) is 53.6 Å². The Morgan fingerprint density at radius 2 is 1.74 bits per heavy atom. The molecule has 0 saturated heterocycles. The normalized spacial score (nSPS) is 16.0. The Balaban J connectivity index is 0.00000210. The Bertz CT molecular complexity index is 819. The monoisotopic (exact) mass is 474 g/mol. The molecule has 0 spiro atoms. The second-order valence-corrected chi connectivity index (χ2v) is 7.02. The van der Waals surface area contributed by atoms with Crippen LogP contribution in [-0.4, -0.2) is 19.0 Å². The molecule has 0 fully saturated rings. The molecule has 4 nitrogen and oxygen atoms in total. The van der Waals surface area contributed by atoms with Gasteiger partial charge in [-0.25, -0.2) is 4.99 Å². The van der Waals surface area contributed by atoms with Crippen molar-refractivity contribution in [1.29, 1.82) is 0 Å². The molecule has 0 bridgehead atoms. The van der Waals surface area contributed by atoms with Gasteiger partial charge in [0.2, 0.25) is 0 Å². The van der Waals surface area contributed by atoms with Crippen molar-refractivity contribution < 1.29 is 0 Å². The molecule has 2 aliphatic rings. The fourth-order valence-electron chi connectivity index (χ4n) is 3.75. The van der Waals surface area contributed by atoms with Gasteiger partial charge in [-0.05, 0) is 60.6 Å². The lowest BCUT2D eigenvalue weighted by atomic mass is 9.90. The second kappa shape index (κ2) is 9.26. The Labute approximate surface area is 178 Å². The van der Waals surface area contributed by atoms with Crippen LogP contribution >= 0.6 is 24.0 Å². The summed E-state index contributed by atoms with van der Waals surface area (Å²) in [6.45, 7) is 2.58. The molecule has 0 amide bonds. The molecule has 4 rings (SSSR count). The van der Waals surface area contributed by atoms with Crippen molar-refractivity contribution in [3.8, 4) is 0 Å². The van der Waals surface area contributed by atoms with Gasteiger partial charge in [-0.1, -0.05) is 36.4 Å². The van der Waals surface area contributed by atoms with Crippen LogP contribution < -0.4 is 16.0 Å². The summed E-state index contributed by atoms with van der Waals surface area (Å²) in [6, 6.07) is 15.0. The predicted molar refractivity (Wildman–Crippen MR) is 125 cm³/mol. The highest BCUT2D eigenvalue weighted by molar-refractivity contribution is 14.0. The third-order valence-corrected chi connectivity index (χ3v) is 5.21. The van der Waals surface area contributed by atoms with E-state index in [1.54, 1.807) is 0 Å². The molecule has 2 aromatic rings. The number of guanidine groups is 1. The van der Waals surface area contributed by atoms with Gasteiger partial charge < -0.3 is 16.0 Å². The summed E-state index contributed by atoms with van der Waals surface area (Å²) in [5.41, 5.74) is 12.5. The largest absolute Gasteiger partial charge is 0.370 e. The fourth-order valence-corrected chi connectivity index (χ4v) is 3.75. The van der Waals surface area contributed by atoms with Gasteiger partial charge in [0.15, 0.2) is 5.96 Å². The number of benzene rings is 2. The molecule has 1 aliphatic carbocycles. The number of nitrogens with two attached hydrogens (primary N) is 1. The minimum absolute atomic E-state index is 0. The zero-order valence-corrected chi connectivity index (χ0v) is 17.9. The van der Waals surface area contributed by atoms with Crippen molar-refractivity contribution in [2.24, 2.45) is 10.7 Å². The number of halogens is 1. The molecule has 142 valence electrons. The highest BCUT2D eigenvalue weighted by atomic mass is 127. The maximum atomic E-state index is 6.14. The van der Waals surface area contributed by atoms with Gasteiger partial charge in [0.05, 0.1) is 6.54 Å². The lowest BCUT2D eigenvalue weighted by Crippen LogP contribution is -2.24. The molecule has 0 atom stereocenters. The van der Waals surface area contributed by atoms with E-state index in [2.05, 4.69) is 69.8 Å². The molecule has 0 radical (unpaired) electrons. The summed E-state index contributed by atoms with van der Waals surface area (Å²) >= 11 is 0. The van der Waals surface area contributed by atoms with E-state index in [-0.39, 0.29) is 24.0 Å². The lowest BCUT2D eigenvalue weighted by molar-refractivity contribution is 0.687. The number of hydrogen-bond donors (Lipinski definition) is 2. The number of nitrogens with zero attached hydrogens (tertiary/aromatic N) is 2. The average molecular weight is 474 g/mol. The smallest absolute Gasteiger partial charge is 0.193 e. The zero-order chi connectivity index (χ0) is 17.8. The van der Waals surface area contributed by atoms with Crippen LogP contribution in [0.4, 0.5) is 11.4 Å². The zero-order valence-electron chi connectivity index (χ0n) is 15.5. The molecule has 5 heteroatoms. The molecule has 27 heavy (non-hydrogen) atoms. The van der Waals surface area contributed by atoms with Crippen molar-refractivity contribution in [1.82, 2.24) is 0 Å². The van der Waals surface area contributed by atoms with E-state index in [1.807, 2.05) is 0 Å². The van der Waals surface area contributed by atoms with Gasteiger partial charge in [0.1, 0.15) is 0 Å². The van der Waals surface area contributed by atoms with E-state index in [4.69, 9.17) is 5.73 Å². The second-order valence-electron chi connectivity index (χ2n) is 7.02.